The van der Waals surface area contributed by atoms with E-state index in [9.17, 15) is 26.7 Å². The average molecular weight is 498 g/mol. The number of imidazole rings is 1. The molecule has 3 aromatic heterocycles. The first kappa shape index (κ1) is 22.1. The second-order valence-electron chi connectivity index (χ2n) is 8.38. The number of aryl methyl sites for hydroxylation is 2. The summed E-state index contributed by atoms with van der Waals surface area (Å²) in [4.78, 5) is 17.8. The van der Waals surface area contributed by atoms with Crippen LogP contribution in [0.25, 0.3) is 27.7 Å². The van der Waals surface area contributed by atoms with Gasteiger partial charge in [-0.05, 0) is 31.2 Å². The minimum Gasteiger partial charge on any atom is -0.434 e. The zero-order chi connectivity index (χ0) is 25.5. The van der Waals surface area contributed by atoms with Gasteiger partial charge in [-0.15, -0.1) is 0 Å². The van der Waals surface area contributed by atoms with Gasteiger partial charge < -0.3 is 19.0 Å². The van der Waals surface area contributed by atoms with Gasteiger partial charge in [-0.1, -0.05) is 6.07 Å². The lowest BCUT2D eigenvalue weighted by Gasteiger charge is -2.22. The van der Waals surface area contributed by atoms with Crippen LogP contribution in [0, 0.1) is 24.4 Å². The molecule has 0 aliphatic carbocycles. The van der Waals surface area contributed by atoms with Gasteiger partial charge in [0.15, 0.2) is 17.5 Å². The summed E-state index contributed by atoms with van der Waals surface area (Å²) in [5.41, 5.74) is 2.84. The van der Waals surface area contributed by atoms with Crippen molar-refractivity contribution < 1.29 is 31.5 Å². The van der Waals surface area contributed by atoms with Gasteiger partial charge in [0.25, 0.3) is 0 Å². The molecule has 0 radical (unpaired) electrons. The predicted octanol–water partition coefficient (Wildman–Crippen LogP) is 6.11. The fourth-order valence-electron chi connectivity index (χ4n) is 4.69. The number of ether oxygens (including phenoxy) is 1. The van der Waals surface area contributed by atoms with Crippen LogP contribution < -0.4 is 10.1 Å². The number of hydrogen-bond donors (Lipinski definition) is 1. The number of rotatable bonds is 4. The number of nitrogens with one attached hydrogen (secondary N) is 1. The molecule has 0 atom stereocenters. The highest BCUT2D eigenvalue weighted by atomic mass is 19.3. The third kappa shape index (κ3) is 3.01. The Bertz CT molecular complexity index is 1730. The van der Waals surface area contributed by atoms with Crippen molar-refractivity contribution in [1.29, 1.82) is 0 Å². The van der Waals surface area contributed by atoms with E-state index < -0.39 is 29.8 Å². The van der Waals surface area contributed by atoms with Crippen LogP contribution in [-0.4, -0.2) is 26.3 Å². The molecular weight excluding hydrogens is 483 g/mol. The number of nitrogens with zero attached hydrogens (tertiary/aromatic N) is 3. The summed E-state index contributed by atoms with van der Waals surface area (Å²) in [5.74, 6) is -4.86. The van der Waals surface area contributed by atoms with Gasteiger partial charge in [0.05, 0.1) is 33.7 Å². The van der Waals surface area contributed by atoms with Crippen LogP contribution in [0.2, 0.25) is 0 Å². The smallest absolute Gasteiger partial charge is 0.387 e. The summed E-state index contributed by atoms with van der Waals surface area (Å²) < 4.78 is 75.9. The van der Waals surface area contributed by atoms with E-state index in [2.05, 4.69) is 10.3 Å². The Balaban J connectivity index is 1.61. The van der Waals surface area contributed by atoms with Crippen molar-refractivity contribution in [3.8, 4) is 16.9 Å². The average Bonchev–Trinajstić information content (AvgIpc) is 3.35. The first-order valence-electron chi connectivity index (χ1n) is 10.7. The van der Waals surface area contributed by atoms with Gasteiger partial charge in [-0.3, -0.25) is 4.79 Å². The van der Waals surface area contributed by atoms with E-state index in [0.717, 1.165) is 0 Å². The second kappa shape index (κ2) is 7.54. The lowest BCUT2D eigenvalue weighted by Crippen LogP contribution is -2.09. The number of pyridine rings is 1. The first-order chi connectivity index (χ1) is 17.2. The molecule has 1 N–H and O–H groups in total. The number of fused-ring (bicyclic) bond motifs is 4. The van der Waals surface area contributed by atoms with Gasteiger partial charge in [0.1, 0.15) is 17.1 Å². The summed E-state index contributed by atoms with van der Waals surface area (Å²) in [6.07, 6.45) is 1.55. The predicted molar refractivity (Wildman–Crippen MR) is 122 cm³/mol. The fraction of sp³-hybridized carbons (Fsp3) is 0.120. The van der Waals surface area contributed by atoms with E-state index in [1.165, 1.54) is 16.5 Å². The lowest BCUT2D eigenvalue weighted by atomic mass is 9.97. The number of anilines is 2. The third-order valence-corrected chi connectivity index (χ3v) is 6.38. The molecule has 0 bridgehead atoms. The number of carbonyl (C=O) groups excluding carboxylic acids is 1. The van der Waals surface area contributed by atoms with Crippen LogP contribution in [-0.2, 0) is 7.05 Å². The largest absolute Gasteiger partial charge is 0.434 e. The molecule has 0 fully saturated rings. The highest BCUT2D eigenvalue weighted by molar-refractivity contribution is 6.15. The monoisotopic (exact) mass is 498 g/mol. The van der Waals surface area contributed by atoms with E-state index in [-0.39, 0.29) is 17.0 Å². The molecule has 0 unspecified atom stereocenters. The van der Waals surface area contributed by atoms with Gasteiger partial charge in [-0.25, -0.2) is 18.2 Å². The quantitative estimate of drug-likeness (QED) is 0.181. The van der Waals surface area contributed by atoms with E-state index >= 15 is 0 Å². The van der Waals surface area contributed by atoms with Crippen LogP contribution >= 0.6 is 0 Å². The van der Waals surface area contributed by atoms with E-state index in [0.29, 0.717) is 57.0 Å². The minimum absolute atomic E-state index is 0.0253. The zero-order valence-corrected chi connectivity index (χ0v) is 18.7. The third-order valence-electron chi connectivity index (χ3n) is 6.38. The Hall–Kier alpha value is -4.41. The van der Waals surface area contributed by atoms with Crippen LogP contribution in [0.4, 0.5) is 33.3 Å². The molecule has 0 spiro atoms. The summed E-state index contributed by atoms with van der Waals surface area (Å²) in [6.45, 7) is -1.32. The number of hydrogen-bond acceptors (Lipinski definition) is 4. The molecule has 182 valence electrons. The highest BCUT2D eigenvalue weighted by Gasteiger charge is 2.30. The zero-order valence-electron chi connectivity index (χ0n) is 18.7. The normalized spacial score (nSPS) is 12.3. The van der Waals surface area contributed by atoms with Crippen molar-refractivity contribution in [2.24, 2.45) is 7.05 Å². The second-order valence-corrected chi connectivity index (χ2v) is 8.38. The SMILES string of the molecule is Cc1nc2c3c(c(OC(F)F)cc2n1C)-c1cccn2c(C(=O)c4cc(F)c(F)c(F)c4)cc(c12)N3. The van der Waals surface area contributed by atoms with Crippen molar-refractivity contribution in [2.75, 3.05) is 5.32 Å². The Morgan fingerprint density at radius 2 is 1.83 bits per heavy atom. The maximum atomic E-state index is 13.8. The number of benzene rings is 2. The maximum absolute atomic E-state index is 13.8. The molecule has 6 nitrogen and oxygen atoms in total. The van der Waals surface area contributed by atoms with Crippen LogP contribution in [0.1, 0.15) is 21.9 Å². The van der Waals surface area contributed by atoms with Crippen molar-refractivity contribution in [3.05, 3.63) is 77.1 Å². The van der Waals surface area contributed by atoms with Gasteiger partial charge >= 0.3 is 6.61 Å². The van der Waals surface area contributed by atoms with Crippen molar-refractivity contribution in [3.63, 3.8) is 0 Å². The van der Waals surface area contributed by atoms with Crippen LogP contribution in [0.15, 0.2) is 42.6 Å². The molecule has 1 aliphatic heterocycles. The Kier molecular flexibility index (Phi) is 4.63. The Labute approximate surface area is 199 Å². The fourth-order valence-corrected chi connectivity index (χ4v) is 4.69. The number of halogens is 5. The molecule has 4 heterocycles. The molecule has 5 aromatic rings. The summed E-state index contributed by atoms with van der Waals surface area (Å²) >= 11 is 0. The summed E-state index contributed by atoms with van der Waals surface area (Å²) in [6, 6.07) is 7.50. The van der Waals surface area contributed by atoms with Gasteiger partial charge in [-0.2, -0.15) is 8.78 Å². The van der Waals surface area contributed by atoms with Crippen LogP contribution in [0.5, 0.6) is 5.75 Å². The first-order valence-corrected chi connectivity index (χ1v) is 10.7. The lowest BCUT2D eigenvalue weighted by molar-refractivity contribution is -0.0493. The van der Waals surface area contributed by atoms with Crippen LogP contribution in [0.3, 0.4) is 0 Å². The van der Waals surface area contributed by atoms with E-state index in [1.54, 1.807) is 36.9 Å². The van der Waals surface area contributed by atoms with Gasteiger partial charge in [0.2, 0.25) is 5.78 Å². The Morgan fingerprint density at radius 1 is 1.11 bits per heavy atom. The summed E-state index contributed by atoms with van der Waals surface area (Å²) in [5, 5.41) is 3.18. The molecule has 36 heavy (non-hydrogen) atoms. The molecular formula is C25H15F5N4O2. The van der Waals surface area contributed by atoms with Crippen molar-refractivity contribution >= 4 is 33.7 Å². The number of alkyl halides is 2. The highest BCUT2D eigenvalue weighted by Crippen LogP contribution is 2.50. The molecule has 0 saturated carbocycles. The number of aromatic nitrogens is 3. The topological polar surface area (TPSA) is 60.6 Å². The molecule has 1 aliphatic rings. The minimum atomic E-state index is -3.09. The van der Waals surface area contributed by atoms with Crippen molar-refractivity contribution in [1.82, 2.24) is 14.0 Å². The summed E-state index contributed by atoms with van der Waals surface area (Å²) in [7, 11) is 1.74. The van der Waals surface area contributed by atoms with E-state index in [1.807, 2.05) is 0 Å². The van der Waals surface area contributed by atoms with E-state index in [4.69, 9.17) is 4.74 Å². The maximum Gasteiger partial charge on any atom is 0.387 e. The number of ketones is 1. The molecule has 6 rings (SSSR count). The number of carbonyl (C=O) groups is 1. The molecule has 2 aromatic carbocycles. The standard InChI is InChI=1S/C25H15F5N4O2/c1-10-31-21-16(33(10)2)9-18(36-25(29)30)19-12-4-3-5-34-17(8-15(23(12)34)32-22(19)21)24(35)11-6-13(26)20(28)14(27)7-11/h3-9,25,32H,1-2H3. The molecule has 0 saturated heterocycles. The molecule has 0 amide bonds. The van der Waals surface area contributed by atoms with Crippen molar-refractivity contribution in [2.45, 2.75) is 13.5 Å². The van der Waals surface area contributed by atoms with Gasteiger partial charge in [0, 0.05) is 30.4 Å². The molecule has 11 heteroatoms. The Morgan fingerprint density at radius 3 is 2.53 bits per heavy atom.